The number of carbonyl (C=O) groups excluding carboxylic acids is 3. The summed E-state index contributed by atoms with van der Waals surface area (Å²) < 4.78 is 16.1. The van der Waals surface area contributed by atoms with E-state index in [1.54, 1.807) is 24.3 Å². The monoisotopic (exact) mass is 507 g/mol. The Balaban J connectivity index is 1.45. The molecule has 3 amide bonds. The average Bonchev–Trinajstić information content (AvgIpc) is 3.52. The van der Waals surface area contributed by atoms with Crippen LogP contribution in [0.15, 0.2) is 82.9 Å². The van der Waals surface area contributed by atoms with Gasteiger partial charge in [0.05, 0.1) is 25.3 Å². The van der Waals surface area contributed by atoms with Gasteiger partial charge in [0.25, 0.3) is 5.91 Å². The summed E-state index contributed by atoms with van der Waals surface area (Å²) in [4.78, 5) is 38.5. The summed E-state index contributed by atoms with van der Waals surface area (Å²) in [7, 11) is 1.23. The highest BCUT2D eigenvalue weighted by atomic mass is 16.5. The van der Waals surface area contributed by atoms with Crippen molar-refractivity contribution in [1.29, 1.82) is 5.26 Å². The molecule has 0 atom stereocenters. The molecule has 4 aromatic rings. The lowest BCUT2D eigenvalue weighted by molar-refractivity contribution is -0.123. The number of rotatable bonds is 7. The molecule has 9 nitrogen and oxygen atoms in total. The summed E-state index contributed by atoms with van der Waals surface area (Å²) >= 11 is 0. The normalized spacial score (nSPS) is 14.0. The Morgan fingerprint density at radius 3 is 2.66 bits per heavy atom. The molecule has 0 spiro atoms. The number of urea groups is 1. The number of fused-ring (bicyclic) bond motifs is 1. The van der Waals surface area contributed by atoms with E-state index in [1.807, 2.05) is 42.5 Å². The van der Waals surface area contributed by atoms with Crippen LogP contribution in [0.5, 0.6) is 5.75 Å². The third kappa shape index (κ3) is 4.70. The van der Waals surface area contributed by atoms with Crippen molar-refractivity contribution in [2.24, 2.45) is 0 Å². The third-order valence-corrected chi connectivity index (χ3v) is 6.06. The van der Waals surface area contributed by atoms with Crippen molar-refractivity contribution in [2.75, 3.05) is 7.11 Å². The van der Waals surface area contributed by atoms with Gasteiger partial charge in [-0.05, 0) is 41.1 Å². The van der Waals surface area contributed by atoms with Crippen molar-refractivity contribution >= 4 is 34.8 Å². The highest BCUT2D eigenvalue weighted by molar-refractivity contribution is 6.14. The number of nitrogens with one attached hydrogen (secondary N) is 1. The van der Waals surface area contributed by atoms with Gasteiger partial charge < -0.3 is 19.2 Å². The predicted molar refractivity (Wildman–Crippen MR) is 137 cm³/mol. The molecule has 1 fully saturated rings. The lowest BCUT2D eigenvalue weighted by atomic mass is 10.0. The Bertz CT molecular complexity index is 1650. The van der Waals surface area contributed by atoms with Crippen LogP contribution in [-0.4, -0.2) is 29.9 Å². The van der Waals surface area contributed by atoms with Crippen molar-refractivity contribution in [2.45, 2.75) is 13.2 Å². The van der Waals surface area contributed by atoms with E-state index in [4.69, 9.17) is 9.15 Å². The number of nitrogens with zero attached hydrogens (tertiary/aromatic N) is 2. The van der Waals surface area contributed by atoms with Crippen LogP contribution in [0.2, 0.25) is 0 Å². The second-order valence-corrected chi connectivity index (χ2v) is 8.39. The minimum absolute atomic E-state index is 0.0270. The molecule has 0 aliphatic carbocycles. The van der Waals surface area contributed by atoms with E-state index in [-0.39, 0.29) is 30.4 Å². The van der Waals surface area contributed by atoms with E-state index in [9.17, 15) is 19.6 Å². The molecule has 1 aliphatic rings. The Hall–Kier alpha value is -5.36. The number of hydrogen-bond acceptors (Lipinski definition) is 7. The maximum absolute atomic E-state index is 13.2. The zero-order chi connectivity index (χ0) is 26.6. The Morgan fingerprint density at radius 2 is 1.84 bits per heavy atom. The Kier molecular flexibility index (Phi) is 6.61. The fourth-order valence-corrected chi connectivity index (χ4v) is 4.15. The summed E-state index contributed by atoms with van der Waals surface area (Å²) in [6.07, 6.45) is 1.58. The van der Waals surface area contributed by atoms with E-state index in [0.29, 0.717) is 16.9 Å². The van der Waals surface area contributed by atoms with Crippen LogP contribution in [0.1, 0.15) is 33.0 Å². The Labute approximate surface area is 217 Å². The molecule has 1 aliphatic heterocycles. The van der Waals surface area contributed by atoms with Crippen molar-refractivity contribution < 1.29 is 28.3 Å². The predicted octanol–water partition coefficient (Wildman–Crippen LogP) is 4.76. The standard InChI is InChI=1S/C29H21N3O6/c1-36-28(34)26-13-11-21(38-26)16-32-27(33)24(31-29(32)35)14-23-22-9-5-4-6-18(22)10-12-25(23)37-17-20-8-3-2-7-19(20)15-30/h2-14H,16-17H2,1H3,(H,31,35)/b24-14-. The minimum atomic E-state index is -0.657. The van der Waals surface area contributed by atoms with Gasteiger partial charge in [0.1, 0.15) is 23.8 Å². The van der Waals surface area contributed by atoms with E-state index >= 15 is 0 Å². The topological polar surface area (TPSA) is 122 Å². The van der Waals surface area contributed by atoms with Crippen molar-refractivity contribution in [3.05, 3.63) is 107 Å². The van der Waals surface area contributed by atoms with Crippen LogP contribution < -0.4 is 10.1 Å². The summed E-state index contributed by atoms with van der Waals surface area (Å²) in [5.41, 5.74) is 1.90. The Morgan fingerprint density at radius 1 is 1.05 bits per heavy atom. The van der Waals surface area contributed by atoms with E-state index in [1.165, 1.54) is 19.2 Å². The largest absolute Gasteiger partial charge is 0.488 e. The average molecular weight is 508 g/mol. The summed E-state index contributed by atoms with van der Waals surface area (Å²) in [6, 6.07) is 22.9. The molecule has 3 aromatic carbocycles. The zero-order valence-electron chi connectivity index (χ0n) is 20.3. The molecule has 0 unspecified atom stereocenters. The van der Waals surface area contributed by atoms with Crippen LogP contribution in [0.4, 0.5) is 4.79 Å². The lowest BCUT2D eigenvalue weighted by Crippen LogP contribution is -2.30. The number of furan rings is 1. The number of nitriles is 1. The van der Waals surface area contributed by atoms with E-state index < -0.39 is 17.9 Å². The molecule has 9 heteroatoms. The molecule has 38 heavy (non-hydrogen) atoms. The van der Waals surface area contributed by atoms with Crippen molar-refractivity contribution in [3.63, 3.8) is 0 Å². The first kappa shape index (κ1) is 24.3. The van der Waals surface area contributed by atoms with Gasteiger partial charge in [-0.15, -0.1) is 0 Å². The maximum Gasteiger partial charge on any atom is 0.373 e. The van der Waals surface area contributed by atoms with Gasteiger partial charge >= 0.3 is 12.0 Å². The number of esters is 1. The van der Waals surface area contributed by atoms with Crippen LogP contribution in [0.3, 0.4) is 0 Å². The van der Waals surface area contributed by atoms with Gasteiger partial charge in [-0.1, -0.05) is 48.5 Å². The van der Waals surface area contributed by atoms with Gasteiger partial charge in [0, 0.05) is 11.1 Å². The molecule has 5 rings (SSSR count). The molecule has 1 aromatic heterocycles. The smallest absolute Gasteiger partial charge is 0.373 e. The van der Waals surface area contributed by atoms with Crippen LogP contribution in [0.25, 0.3) is 16.8 Å². The SMILES string of the molecule is COC(=O)c1ccc(CN2C(=O)N/C(=C\c3c(OCc4ccccc4C#N)ccc4ccccc34)C2=O)o1. The molecule has 1 saturated heterocycles. The number of methoxy groups -OCH3 is 1. The fourth-order valence-electron chi connectivity index (χ4n) is 4.15. The first-order valence-corrected chi connectivity index (χ1v) is 11.6. The van der Waals surface area contributed by atoms with Crippen molar-refractivity contribution in [3.8, 4) is 11.8 Å². The highest BCUT2D eigenvalue weighted by Gasteiger charge is 2.34. The third-order valence-electron chi connectivity index (χ3n) is 6.06. The number of hydrogen-bond donors (Lipinski definition) is 1. The fraction of sp³-hybridized carbons (Fsp3) is 0.103. The second kappa shape index (κ2) is 10.3. The van der Waals surface area contributed by atoms with Gasteiger partial charge in [-0.2, -0.15) is 5.26 Å². The molecule has 0 radical (unpaired) electrons. The number of imide groups is 1. The van der Waals surface area contributed by atoms with Crippen LogP contribution in [0, 0.1) is 11.3 Å². The van der Waals surface area contributed by atoms with Gasteiger partial charge in [-0.3, -0.25) is 9.69 Å². The van der Waals surface area contributed by atoms with Gasteiger partial charge in [0.2, 0.25) is 5.76 Å². The maximum atomic E-state index is 13.2. The first-order chi connectivity index (χ1) is 18.5. The van der Waals surface area contributed by atoms with Gasteiger partial charge in [-0.25, -0.2) is 9.59 Å². The molecule has 1 N–H and O–H groups in total. The minimum Gasteiger partial charge on any atom is -0.488 e. The molecule has 2 heterocycles. The zero-order valence-corrected chi connectivity index (χ0v) is 20.3. The molecule has 0 saturated carbocycles. The van der Waals surface area contributed by atoms with Crippen LogP contribution in [-0.2, 0) is 22.7 Å². The highest BCUT2D eigenvalue weighted by Crippen LogP contribution is 2.32. The van der Waals surface area contributed by atoms with E-state index in [0.717, 1.165) is 21.2 Å². The summed E-state index contributed by atoms with van der Waals surface area (Å²) in [5.74, 6) is -0.505. The summed E-state index contributed by atoms with van der Waals surface area (Å²) in [6.45, 7) is -0.0193. The van der Waals surface area contributed by atoms with Crippen LogP contribution >= 0.6 is 0 Å². The first-order valence-electron chi connectivity index (χ1n) is 11.6. The molecule has 188 valence electrons. The number of carbonyl (C=O) groups is 3. The van der Waals surface area contributed by atoms with E-state index in [2.05, 4.69) is 16.1 Å². The molecule has 0 bridgehead atoms. The molecular weight excluding hydrogens is 486 g/mol. The lowest BCUT2D eigenvalue weighted by Gasteiger charge is -2.13. The number of benzene rings is 3. The quantitative estimate of drug-likeness (QED) is 0.217. The van der Waals surface area contributed by atoms with Gasteiger partial charge in [0.15, 0.2) is 0 Å². The number of amides is 3. The van der Waals surface area contributed by atoms with Crippen molar-refractivity contribution in [1.82, 2.24) is 10.2 Å². The second-order valence-electron chi connectivity index (χ2n) is 8.39. The summed E-state index contributed by atoms with van der Waals surface area (Å²) in [5, 5.41) is 13.8. The molecular formula is C29H21N3O6. The number of ether oxygens (including phenoxy) is 2.